The normalized spacial score (nSPS) is 15.7. The lowest BCUT2D eigenvalue weighted by Gasteiger charge is -2.33. The largest absolute Gasteiger partial charge is 0.461 e. The summed E-state index contributed by atoms with van der Waals surface area (Å²) in [5.41, 5.74) is 1.43. The zero-order valence-electron chi connectivity index (χ0n) is 19.0. The third-order valence-corrected chi connectivity index (χ3v) is 7.33. The Bertz CT molecular complexity index is 1340. The number of ether oxygens (including phenoxy) is 1. The molecule has 184 valence electrons. The molecule has 1 N–H and O–H groups in total. The van der Waals surface area contributed by atoms with Crippen LogP contribution < -0.4 is 10.2 Å². The number of esters is 1. The minimum Gasteiger partial charge on any atom is -0.461 e. The molecule has 1 saturated heterocycles. The highest BCUT2D eigenvalue weighted by Gasteiger charge is 2.39. The van der Waals surface area contributed by atoms with Crippen LogP contribution >= 0.6 is 22.9 Å². The molecule has 36 heavy (non-hydrogen) atoms. The third-order valence-electron chi connectivity index (χ3n) is 6.10. The molecule has 9 nitrogen and oxygen atoms in total. The van der Waals surface area contributed by atoms with Gasteiger partial charge < -0.3 is 15.0 Å². The summed E-state index contributed by atoms with van der Waals surface area (Å²) in [5.74, 6) is -2.35. The number of nitrogens with zero attached hydrogens (tertiary/aromatic N) is 3. The minimum absolute atomic E-state index is 0.0527. The van der Waals surface area contributed by atoms with Gasteiger partial charge in [0.05, 0.1) is 26.0 Å². The molecule has 5 rings (SSSR count). The van der Waals surface area contributed by atoms with Gasteiger partial charge in [-0.05, 0) is 36.4 Å². The average molecular weight is 525 g/mol. The van der Waals surface area contributed by atoms with Gasteiger partial charge in [-0.2, -0.15) is 0 Å². The molecule has 2 aliphatic rings. The van der Waals surface area contributed by atoms with Crippen LogP contribution in [0.2, 0.25) is 4.34 Å². The van der Waals surface area contributed by atoms with Gasteiger partial charge in [0.15, 0.2) is 0 Å². The second-order valence-corrected chi connectivity index (χ2v) is 10.1. The van der Waals surface area contributed by atoms with Crippen LogP contribution in [0.25, 0.3) is 0 Å². The second-order valence-electron chi connectivity index (χ2n) is 8.36. The maximum atomic E-state index is 13.1. The SMILES string of the molecule is O=C(CN1C(=O)c2cccc(NC(=O)c3ccc(Cl)s3)c2C1=O)OC1CCN(c2ccncc2)CC1. The van der Waals surface area contributed by atoms with Crippen molar-refractivity contribution in [3.8, 4) is 0 Å². The number of benzene rings is 1. The Balaban J connectivity index is 1.21. The van der Waals surface area contributed by atoms with E-state index in [0.29, 0.717) is 35.1 Å². The van der Waals surface area contributed by atoms with Crippen molar-refractivity contribution in [2.45, 2.75) is 18.9 Å². The first-order chi connectivity index (χ1) is 17.4. The number of piperidine rings is 1. The molecule has 0 saturated carbocycles. The van der Waals surface area contributed by atoms with E-state index in [4.69, 9.17) is 16.3 Å². The zero-order chi connectivity index (χ0) is 25.2. The number of fused-ring (bicyclic) bond motifs is 1. The van der Waals surface area contributed by atoms with Crippen molar-refractivity contribution >= 4 is 58.0 Å². The average Bonchev–Trinajstić information content (AvgIpc) is 3.43. The van der Waals surface area contributed by atoms with Crippen LogP contribution in [0, 0.1) is 0 Å². The molecule has 0 radical (unpaired) electrons. The number of amides is 3. The van der Waals surface area contributed by atoms with Crippen molar-refractivity contribution in [2.24, 2.45) is 0 Å². The number of anilines is 2. The van der Waals surface area contributed by atoms with Gasteiger partial charge in [0.1, 0.15) is 12.6 Å². The van der Waals surface area contributed by atoms with Gasteiger partial charge in [0.25, 0.3) is 17.7 Å². The maximum Gasteiger partial charge on any atom is 0.326 e. The molecule has 0 unspecified atom stereocenters. The Hall–Kier alpha value is -3.76. The lowest BCUT2D eigenvalue weighted by atomic mass is 10.1. The predicted octanol–water partition coefficient (Wildman–Crippen LogP) is 3.86. The molecule has 2 aromatic heterocycles. The van der Waals surface area contributed by atoms with Gasteiger partial charge in [-0.25, -0.2) is 0 Å². The summed E-state index contributed by atoms with van der Waals surface area (Å²) in [5, 5.41) is 2.67. The van der Waals surface area contributed by atoms with Crippen molar-refractivity contribution in [3.05, 3.63) is 75.2 Å². The first-order valence-corrected chi connectivity index (χ1v) is 12.5. The fourth-order valence-electron chi connectivity index (χ4n) is 4.34. The number of rotatable bonds is 6. The van der Waals surface area contributed by atoms with E-state index < -0.39 is 30.2 Å². The quantitative estimate of drug-likeness (QED) is 0.385. The summed E-state index contributed by atoms with van der Waals surface area (Å²) < 4.78 is 6.04. The van der Waals surface area contributed by atoms with Crippen LogP contribution in [0.3, 0.4) is 0 Å². The zero-order valence-corrected chi connectivity index (χ0v) is 20.6. The highest BCUT2D eigenvalue weighted by Crippen LogP contribution is 2.31. The fourth-order valence-corrected chi connectivity index (χ4v) is 5.28. The standard InChI is InChI=1S/C25H21ClN4O5S/c26-20-5-4-19(36-20)23(32)28-18-3-1-2-17-22(18)25(34)30(24(17)33)14-21(31)35-16-8-12-29(13-9-16)15-6-10-27-11-7-15/h1-7,10-11,16H,8-9,12-14H2,(H,28,32). The molecule has 2 aliphatic heterocycles. The fraction of sp³-hybridized carbons (Fsp3) is 0.240. The molecule has 4 heterocycles. The molecule has 1 aromatic carbocycles. The lowest BCUT2D eigenvalue weighted by molar-refractivity contribution is -0.150. The number of thiophene rings is 1. The van der Waals surface area contributed by atoms with Gasteiger partial charge in [-0.3, -0.25) is 29.1 Å². The van der Waals surface area contributed by atoms with Crippen LogP contribution in [0.1, 0.15) is 43.2 Å². The van der Waals surface area contributed by atoms with E-state index in [1.165, 1.54) is 12.1 Å². The number of carbonyl (C=O) groups is 4. The minimum atomic E-state index is -0.653. The number of nitrogens with one attached hydrogen (secondary N) is 1. The topological polar surface area (TPSA) is 109 Å². The van der Waals surface area contributed by atoms with Crippen molar-refractivity contribution in [1.29, 1.82) is 0 Å². The molecule has 1 fully saturated rings. The number of hydrogen-bond donors (Lipinski definition) is 1. The molecule has 0 aliphatic carbocycles. The Labute approximate surface area is 215 Å². The van der Waals surface area contributed by atoms with Crippen LogP contribution in [-0.4, -0.2) is 59.3 Å². The van der Waals surface area contributed by atoms with Crippen LogP contribution in [0.5, 0.6) is 0 Å². The van der Waals surface area contributed by atoms with Crippen molar-refractivity contribution in [2.75, 3.05) is 29.9 Å². The van der Waals surface area contributed by atoms with E-state index >= 15 is 0 Å². The third kappa shape index (κ3) is 4.82. The molecular weight excluding hydrogens is 504 g/mol. The van der Waals surface area contributed by atoms with Crippen molar-refractivity contribution in [3.63, 3.8) is 0 Å². The first kappa shape index (κ1) is 24.0. The summed E-state index contributed by atoms with van der Waals surface area (Å²) in [6.45, 7) is 0.936. The maximum absolute atomic E-state index is 13.1. The molecule has 3 amide bonds. The Morgan fingerprint density at radius 1 is 1.06 bits per heavy atom. The molecular formula is C25H21ClN4O5S. The summed E-state index contributed by atoms with van der Waals surface area (Å²) >= 11 is 7.00. The molecule has 0 bridgehead atoms. The molecule has 0 atom stereocenters. The van der Waals surface area contributed by atoms with Gasteiger partial charge in [-0.15, -0.1) is 11.3 Å². The van der Waals surface area contributed by atoms with E-state index in [2.05, 4.69) is 15.2 Å². The molecule has 3 aromatic rings. The van der Waals surface area contributed by atoms with E-state index in [0.717, 1.165) is 21.9 Å². The Morgan fingerprint density at radius 3 is 2.50 bits per heavy atom. The molecule has 0 spiro atoms. The number of pyridine rings is 1. The number of imide groups is 1. The predicted molar refractivity (Wildman–Crippen MR) is 135 cm³/mol. The number of carbonyl (C=O) groups excluding carboxylic acids is 4. The molecule has 11 heteroatoms. The number of aromatic nitrogens is 1. The Kier molecular flexibility index (Phi) is 6.71. The van der Waals surface area contributed by atoms with Crippen LogP contribution in [0.4, 0.5) is 11.4 Å². The number of halogens is 1. The second kappa shape index (κ2) is 10.1. The van der Waals surface area contributed by atoms with Gasteiger partial charge in [0.2, 0.25) is 0 Å². The highest BCUT2D eigenvalue weighted by molar-refractivity contribution is 7.18. The van der Waals surface area contributed by atoms with E-state index in [-0.39, 0.29) is 22.9 Å². The van der Waals surface area contributed by atoms with E-state index in [9.17, 15) is 19.2 Å². The lowest BCUT2D eigenvalue weighted by Crippen LogP contribution is -2.41. The summed E-state index contributed by atoms with van der Waals surface area (Å²) in [4.78, 5) is 58.6. The van der Waals surface area contributed by atoms with Crippen molar-refractivity contribution in [1.82, 2.24) is 9.88 Å². The van der Waals surface area contributed by atoms with E-state index in [1.807, 2.05) is 12.1 Å². The van der Waals surface area contributed by atoms with Gasteiger partial charge in [0, 0.05) is 44.0 Å². The highest BCUT2D eigenvalue weighted by atomic mass is 35.5. The van der Waals surface area contributed by atoms with E-state index in [1.54, 1.807) is 30.6 Å². The monoisotopic (exact) mass is 524 g/mol. The van der Waals surface area contributed by atoms with Crippen molar-refractivity contribution < 1.29 is 23.9 Å². The van der Waals surface area contributed by atoms with Crippen LogP contribution in [-0.2, 0) is 9.53 Å². The summed E-state index contributed by atoms with van der Waals surface area (Å²) in [6, 6.07) is 11.6. The smallest absolute Gasteiger partial charge is 0.326 e. The van der Waals surface area contributed by atoms with Gasteiger partial charge >= 0.3 is 5.97 Å². The van der Waals surface area contributed by atoms with Gasteiger partial charge in [-0.1, -0.05) is 17.7 Å². The summed E-state index contributed by atoms with van der Waals surface area (Å²) in [7, 11) is 0. The first-order valence-electron chi connectivity index (χ1n) is 11.3. The number of hydrogen-bond acceptors (Lipinski definition) is 8. The van der Waals surface area contributed by atoms with Crippen LogP contribution in [0.15, 0.2) is 54.9 Å². The Morgan fingerprint density at radius 2 is 1.81 bits per heavy atom. The summed E-state index contributed by atoms with van der Waals surface area (Å²) in [6.07, 6.45) is 4.45.